The van der Waals surface area contributed by atoms with Crippen LogP contribution in [0.15, 0.2) is 6.07 Å². The minimum Gasteiger partial charge on any atom is -0.493 e. The minimum atomic E-state index is -1.43. The molecule has 1 aromatic rings. The van der Waals surface area contributed by atoms with Gasteiger partial charge in [0.05, 0.1) is 29.4 Å². The van der Waals surface area contributed by atoms with Gasteiger partial charge in [-0.25, -0.2) is 9.18 Å². The average Bonchev–Trinajstić information content (AvgIpc) is 2.40. The highest BCUT2D eigenvalue weighted by molar-refractivity contribution is 6.31. The third-order valence-electron chi connectivity index (χ3n) is 2.62. The van der Waals surface area contributed by atoms with Gasteiger partial charge in [0, 0.05) is 0 Å². The number of aliphatic hydroxyl groups is 1. The number of ether oxygens (including phenoxy) is 2. The monoisotopic (exact) mass is 319 g/mol. The Morgan fingerprint density at radius 3 is 2.57 bits per heavy atom. The standard InChI is InChI=1S/C13H15ClFNO5/c1-3-20-12-7(6(2)18)4-8(14)11(15)10(12)9(5-17)21-13(16)19/h4,9,17H,3,5H2,1-2H3,(H2,16,19). The van der Waals surface area contributed by atoms with Gasteiger partial charge in [0.1, 0.15) is 5.75 Å². The van der Waals surface area contributed by atoms with Gasteiger partial charge in [-0.3, -0.25) is 4.79 Å². The minimum absolute atomic E-state index is 0.0183. The molecule has 0 bridgehead atoms. The Morgan fingerprint density at radius 2 is 2.14 bits per heavy atom. The van der Waals surface area contributed by atoms with E-state index in [1.807, 2.05) is 0 Å². The summed E-state index contributed by atoms with van der Waals surface area (Å²) in [6.07, 6.45) is -2.64. The zero-order valence-electron chi connectivity index (χ0n) is 11.5. The van der Waals surface area contributed by atoms with Gasteiger partial charge in [-0.05, 0) is 19.9 Å². The summed E-state index contributed by atoms with van der Waals surface area (Å²) < 4.78 is 24.2. The zero-order valence-corrected chi connectivity index (χ0v) is 12.2. The van der Waals surface area contributed by atoms with Crippen LogP contribution in [0.1, 0.15) is 35.9 Å². The number of rotatable bonds is 6. The van der Waals surface area contributed by atoms with Crippen LogP contribution >= 0.6 is 11.6 Å². The molecule has 1 unspecified atom stereocenters. The number of hydrogen-bond donors (Lipinski definition) is 2. The van der Waals surface area contributed by atoms with Crippen LogP contribution in [0.25, 0.3) is 0 Å². The molecule has 1 amide bonds. The van der Waals surface area contributed by atoms with Gasteiger partial charge < -0.3 is 20.3 Å². The third-order valence-corrected chi connectivity index (χ3v) is 2.90. The van der Waals surface area contributed by atoms with Crippen molar-refractivity contribution in [1.29, 1.82) is 0 Å². The Balaban J connectivity index is 3.58. The number of aliphatic hydroxyl groups excluding tert-OH is 1. The number of Topliss-reactive ketones (excluding diaryl/α,β-unsaturated/α-hetero) is 1. The molecule has 0 radical (unpaired) electrons. The summed E-state index contributed by atoms with van der Waals surface area (Å²) >= 11 is 5.74. The fourth-order valence-corrected chi connectivity index (χ4v) is 2.02. The van der Waals surface area contributed by atoms with Crippen molar-refractivity contribution in [2.75, 3.05) is 13.2 Å². The molecule has 1 rings (SSSR count). The summed E-state index contributed by atoms with van der Waals surface area (Å²) in [5.74, 6) is -1.50. The maximum atomic E-state index is 14.2. The van der Waals surface area contributed by atoms with Crippen molar-refractivity contribution in [3.05, 3.63) is 28.0 Å². The number of halogens is 2. The SMILES string of the molecule is CCOc1c(C(C)=O)cc(Cl)c(F)c1C(CO)OC(N)=O. The molecule has 0 aliphatic carbocycles. The molecule has 0 spiro atoms. The number of ketones is 1. The van der Waals surface area contributed by atoms with Crippen LogP contribution in [-0.2, 0) is 4.74 Å². The lowest BCUT2D eigenvalue weighted by Crippen LogP contribution is -2.22. The zero-order chi connectivity index (χ0) is 16.2. The van der Waals surface area contributed by atoms with Crippen LogP contribution in [0.4, 0.5) is 9.18 Å². The lowest BCUT2D eigenvalue weighted by molar-refractivity contribution is 0.0592. The number of nitrogens with two attached hydrogens (primary N) is 1. The Bertz CT molecular complexity index is 564. The molecular formula is C13H15ClFNO5. The second-order valence-corrected chi connectivity index (χ2v) is 4.47. The van der Waals surface area contributed by atoms with Gasteiger partial charge in [0.15, 0.2) is 17.7 Å². The van der Waals surface area contributed by atoms with E-state index in [1.165, 1.54) is 6.92 Å². The smallest absolute Gasteiger partial charge is 0.405 e. The van der Waals surface area contributed by atoms with Gasteiger partial charge in [-0.2, -0.15) is 0 Å². The first-order valence-electron chi connectivity index (χ1n) is 6.06. The largest absolute Gasteiger partial charge is 0.493 e. The summed E-state index contributed by atoms with van der Waals surface area (Å²) in [6, 6.07) is 1.12. The van der Waals surface area contributed by atoms with Crippen molar-refractivity contribution < 1.29 is 28.6 Å². The molecule has 0 aromatic heterocycles. The molecule has 116 valence electrons. The molecule has 1 atom stereocenters. The normalized spacial score (nSPS) is 11.9. The van der Waals surface area contributed by atoms with Crippen molar-refractivity contribution >= 4 is 23.5 Å². The Kier molecular flexibility index (Phi) is 5.92. The van der Waals surface area contributed by atoms with Crippen molar-refractivity contribution in [3.8, 4) is 5.75 Å². The first-order chi connectivity index (χ1) is 9.83. The van der Waals surface area contributed by atoms with Crippen molar-refractivity contribution in [3.63, 3.8) is 0 Å². The highest BCUT2D eigenvalue weighted by Crippen LogP contribution is 2.37. The van der Waals surface area contributed by atoms with E-state index in [9.17, 15) is 19.1 Å². The van der Waals surface area contributed by atoms with Crippen molar-refractivity contribution in [1.82, 2.24) is 0 Å². The molecule has 0 saturated carbocycles. The Labute approximate surface area is 125 Å². The van der Waals surface area contributed by atoms with Gasteiger partial charge in [-0.1, -0.05) is 11.6 Å². The van der Waals surface area contributed by atoms with E-state index in [0.29, 0.717) is 0 Å². The molecule has 21 heavy (non-hydrogen) atoms. The number of carbonyl (C=O) groups is 2. The molecule has 0 saturated heterocycles. The van der Waals surface area contributed by atoms with Gasteiger partial charge in [-0.15, -0.1) is 0 Å². The topological polar surface area (TPSA) is 98.8 Å². The van der Waals surface area contributed by atoms with Crippen LogP contribution in [0.5, 0.6) is 5.75 Å². The van der Waals surface area contributed by atoms with E-state index >= 15 is 0 Å². The fraction of sp³-hybridized carbons (Fsp3) is 0.385. The van der Waals surface area contributed by atoms with E-state index in [4.69, 9.17) is 22.1 Å². The number of hydrogen-bond acceptors (Lipinski definition) is 5. The summed E-state index contributed by atoms with van der Waals surface area (Å²) in [4.78, 5) is 22.5. The summed E-state index contributed by atoms with van der Waals surface area (Å²) in [6.45, 7) is 2.25. The fourth-order valence-electron chi connectivity index (χ4n) is 1.81. The number of benzene rings is 1. The molecule has 0 aliphatic heterocycles. The summed E-state index contributed by atoms with van der Waals surface area (Å²) in [5.41, 5.74) is 4.58. The Morgan fingerprint density at radius 1 is 1.52 bits per heavy atom. The molecule has 3 N–H and O–H groups in total. The summed E-state index contributed by atoms with van der Waals surface area (Å²) in [7, 11) is 0. The van der Waals surface area contributed by atoms with Crippen molar-refractivity contribution in [2.24, 2.45) is 5.73 Å². The lowest BCUT2D eigenvalue weighted by Gasteiger charge is -2.21. The van der Waals surface area contributed by atoms with E-state index in [2.05, 4.69) is 4.74 Å². The van der Waals surface area contributed by atoms with Crippen molar-refractivity contribution in [2.45, 2.75) is 20.0 Å². The first kappa shape index (κ1) is 17.2. The Hall–Kier alpha value is -1.86. The maximum absolute atomic E-state index is 14.2. The maximum Gasteiger partial charge on any atom is 0.405 e. The third kappa shape index (κ3) is 3.83. The average molecular weight is 320 g/mol. The van der Waals surface area contributed by atoms with Gasteiger partial charge in [0.2, 0.25) is 0 Å². The predicted molar refractivity (Wildman–Crippen MR) is 73.1 cm³/mol. The first-order valence-corrected chi connectivity index (χ1v) is 6.43. The van der Waals surface area contributed by atoms with Crippen LogP contribution in [0, 0.1) is 5.82 Å². The lowest BCUT2D eigenvalue weighted by atomic mass is 10.0. The second-order valence-electron chi connectivity index (χ2n) is 4.06. The van der Waals surface area contributed by atoms with E-state index in [-0.39, 0.29) is 28.5 Å². The van der Waals surface area contributed by atoms with Crippen LogP contribution < -0.4 is 10.5 Å². The van der Waals surface area contributed by atoms with Crippen LogP contribution in [-0.4, -0.2) is 30.2 Å². The van der Waals surface area contributed by atoms with Crippen LogP contribution in [0.3, 0.4) is 0 Å². The quantitative estimate of drug-likeness (QED) is 0.783. The molecule has 6 nitrogen and oxygen atoms in total. The number of amides is 1. The molecule has 0 fully saturated rings. The highest BCUT2D eigenvalue weighted by Gasteiger charge is 2.29. The number of carbonyl (C=O) groups excluding carboxylic acids is 2. The van der Waals surface area contributed by atoms with Gasteiger partial charge >= 0.3 is 6.09 Å². The van der Waals surface area contributed by atoms with E-state index in [1.54, 1.807) is 6.92 Å². The predicted octanol–water partition coefficient (Wildman–Crippen LogP) is 2.21. The number of primary amides is 1. The molecule has 0 heterocycles. The highest BCUT2D eigenvalue weighted by atomic mass is 35.5. The van der Waals surface area contributed by atoms with Crippen LogP contribution in [0.2, 0.25) is 5.02 Å². The summed E-state index contributed by atoms with van der Waals surface area (Å²) in [5, 5.41) is 8.93. The molecular weight excluding hydrogens is 305 g/mol. The van der Waals surface area contributed by atoms with E-state index < -0.39 is 30.4 Å². The molecule has 8 heteroatoms. The second kappa shape index (κ2) is 7.24. The molecule has 1 aromatic carbocycles. The van der Waals surface area contributed by atoms with Gasteiger partial charge in [0.25, 0.3) is 0 Å². The molecule has 0 aliphatic rings. The van der Waals surface area contributed by atoms with E-state index in [0.717, 1.165) is 6.07 Å².